The Hall–Kier alpha value is -2.42. The number of nitrogens with one attached hydrogen (secondary N) is 1. The molecule has 3 heteroatoms. The highest BCUT2D eigenvalue weighted by molar-refractivity contribution is 5.79. The molecule has 3 aromatic rings. The van der Waals surface area contributed by atoms with E-state index in [9.17, 15) is 4.79 Å². The molecule has 0 amide bonds. The van der Waals surface area contributed by atoms with Gasteiger partial charge >= 0.3 is 0 Å². The minimum Gasteiger partial charge on any atom is -0.306 e. The maximum Gasteiger partial charge on any atom is 0.259 e. The van der Waals surface area contributed by atoms with Crippen LogP contribution < -0.4 is 5.56 Å². The number of fused-ring (bicyclic) bond motifs is 1. The zero-order valence-corrected chi connectivity index (χ0v) is 12.5. The van der Waals surface area contributed by atoms with Gasteiger partial charge in [0, 0.05) is 5.56 Å². The van der Waals surface area contributed by atoms with Crippen molar-refractivity contribution >= 4 is 10.9 Å². The summed E-state index contributed by atoms with van der Waals surface area (Å²) < 4.78 is 0. The molecule has 0 fully saturated rings. The van der Waals surface area contributed by atoms with Crippen LogP contribution in [0.5, 0.6) is 0 Å². The second kappa shape index (κ2) is 4.85. The second-order valence-electron chi connectivity index (χ2n) is 6.26. The van der Waals surface area contributed by atoms with Crippen molar-refractivity contribution in [2.75, 3.05) is 0 Å². The number of para-hydroxylation sites is 1. The average Bonchev–Trinajstić information content (AvgIpc) is 2.46. The van der Waals surface area contributed by atoms with Crippen LogP contribution in [-0.2, 0) is 5.41 Å². The van der Waals surface area contributed by atoms with Crippen LogP contribution in [-0.4, -0.2) is 9.97 Å². The van der Waals surface area contributed by atoms with Gasteiger partial charge in [0.25, 0.3) is 5.56 Å². The topological polar surface area (TPSA) is 45.8 Å². The molecule has 1 N–H and O–H groups in total. The van der Waals surface area contributed by atoms with Gasteiger partial charge in [-0.15, -0.1) is 0 Å². The third kappa shape index (κ3) is 2.59. The molecule has 0 spiro atoms. The fraction of sp³-hybridized carbons (Fsp3) is 0.222. The third-order valence-corrected chi connectivity index (χ3v) is 3.61. The van der Waals surface area contributed by atoms with Crippen LogP contribution >= 0.6 is 0 Å². The van der Waals surface area contributed by atoms with Crippen LogP contribution in [0.4, 0.5) is 0 Å². The van der Waals surface area contributed by atoms with Crippen molar-refractivity contribution in [2.24, 2.45) is 0 Å². The van der Waals surface area contributed by atoms with Crippen LogP contribution in [0.2, 0.25) is 0 Å². The van der Waals surface area contributed by atoms with Gasteiger partial charge in [0.15, 0.2) is 0 Å². The highest BCUT2D eigenvalue weighted by Crippen LogP contribution is 2.26. The Bertz CT molecular complexity index is 857. The van der Waals surface area contributed by atoms with Gasteiger partial charge in [-0.3, -0.25) is 4.79 Å². The number of hydrogen-bond acceptors (Lipinski definition) is 2. The lowest BCUT2D eigenvalue weighted by Crippen LogP contribution is -2.12. The molecular formula is C18H18N2O. The van der Waals surface area contributed by atoms with Gasteiger partial charge in [-0.2, -0.15) is 0 Å². The van der Waals surface area contributed by atoms with E-state index in [2.05, 4.69) is 42.9 Å². The number of H-pyrrole nitrogens is 1. The van der Waals surface area contributed by atoms with Gasteiger partial charge in [-0.05, 0) is 29.2 Å². The maximum atomic E-state index is 12.2. The quantitative estimate of drug-likeness (QED) is 0.734. The molecule has 0 bridgehead atoms. The molecule has 3 rings (SSSR count). The molecule has 106 valence electrons. The van der Waals surface area contributed by atoms with Gasteiger partial charge in [0.1, 0.15) is 5.82 Å². The van der Waals surface area contributed by atoms with E-state index in [1.807, 2.05) is 30.3 Å². The van der Waals surface area contributed by atoms with Crippen molar-refractivity contribution in [1.82, 2.24) is 9.97 Å². The normalized spacial score (nSPS) is 11.8. The van der Waals surface area contributed by atoms with Gasteiger partial charge in [-0.1, -0.05) is 51.1 Å². The monoisotopic (exact) mass is 278 g/mol. The summed E-state index contributed by atoms with van der Waals surface area (Å²) >= 11 is 0. The molecule has 0 atom stereocenters. The summed E-state index contributed by atoms with van der Waals surface area (Å²) in [5.41, 5.74) is 2.84. The van der Waals surface area contributed by atoms with Crippen molar-refractivity contribution < 1.29 is 0 Å². The van der Waals surface area contributed by atoms with E-state index in [4.69, 9.17) is 0 Å². The Kier molecular flexibility index (Phi) is 3.13. The van der Waals surface area contributed by atoms with Gasteiger partial charge < -0.3 is 4.98 Å². The standard InChI is InChI=1S/C18H18N2O/c1-18(2,3)13-8-6-7-12(11-13)16-19-15-10-5-4-9-14(15)17(21)20-16/h4-11H,1-3H3,(H,19,20,21). The lowest BCUT2D eigenvalue weighted by atomic mass is 9.86. The predicted octanol–water partition coefficient (Wildman–Crippen LogP) is 3.89. The Morgan fingerprint density at radius 3 is 2.52 bits per heavy atom. The van der Waals surface area contributed by atoms with E-state index in [1.165, 1.54) is 5.56 Å². The zero-order valence-electron chi connectivity index (χ0n) is 12.5. The molecular weight excluding hydrogens is 260 g/mol. The highest BCUT2D eigenvalue weighted by atomic mass is 16.1. The van der Waals surface area contributed by atoms with Crippen LogP contribution in [0.1, 0.15) is 26.3 Å². The van der Waals surface area contributed by atoms with E-state index >= 15 is 0 Å². The van der Waals surface area contributed by atoms with Gasteiger partial charge in [0.05, 0.1) is 10.9 Å². The number of aromatic amines is 1. The summed E-state index contributed by atoms with van der Waals surface area (Å²) in [6, 6.07) is 15.6. The molecule has 1 aromatic heterocycles. The summed E-state index contributed by atoms with van der Waals surface area (Å²) in [5.74, 6) is 0.616. The Labute approximate surface area is 123 Å². The first-order valence-electron chi connectivity index (χ1n) is 7.05. The van der Waals surface area contributed by atoms with Gasteiger partial charge in [0.2, 0.25) is 0 Å². The number of rotatable bonds is 1. The Morgan fingerprint density at radius 1 is 1.00 bits per heavy atom. The molecule has 0 aliphatic heterocycles. The highest BCUT2D eigenvalue weighted by Gasteiger charge is 2.14. The van der Waals surface area contributed by atoms with E-state index in [0.29, 0.717) is 11.2 Å². The first-order chi connectivity index (χ1) is 9.95. The van der Waals surface area contributed by atoms with E-state index in [1.54, 1.807) is 6.07 Å². The fourth-order valence-electron chi connectivity index (χ4n) is 2.36. The SMILES string of the molecule is CC(C)(C)c1cccc(-c2nc3ccccc3c(=O)[nH]2)c1. The molecule has 2 aromatic carbocycles. The summed E-state index contributed by atoms with van der Waals surface area (Å²) in [7, 11) is 0. The van der Waals surface area contributed by atoms with Crippen molar-refractivity contribution in [3.8, 4) is 11.4 Å². The van der Waals surface area contributed by atoms with Crippen LogP contribution in [0.3, 0.4) is 0 Å². The largest absolute Gasteiger partial charge is 0.306 e. The first kappa shape index (κ1) is 13.6. The van der Waals surface area contributed by atoms with Crippen LogP contribution in [0, 0.1) is 0 Å². The van der Waals surface area contributed by atoms with E-state index < -0.39 is 0 Å². The minimum absolute atomic E-state index is 0.0627. The summed E-state index contributed by atoms with van der Waals surface area (Å²) in [4.78, 5) is 19.6. The Morgan fingerprint density at radius 2 is 1.76 bits per heavy atom. The summed E-state index contributed by atoms with van der Waals surface area (Å²) in [5, 5.41) is 0.619. The van der Waals surface area contributed by atoms with Gasteiger partial charge in [-0.25, -0.2) is 4.98 Å². The molecule has 3 nitrogen and oxygen atoms in total. The molecule has 0 saturated carbocycles. The third-order valence-electron chi connectivity index (χ3n) is 3.61. The Balaban J connectivity index is 2.19. The summed E-state index contributed by atoms with van der Waals surface area (Å²) in [6.45, 7) is 6.51. The van der Waals surface area contributed by atoms with Crippen molar-refractivity contribution in [3.05, 3.63) is 64.4 Å². The molecule has 0 unspecified atom stereocenters. The smallest absolute Gasteiger partial charge is 0.259 e. The number of aromatic nitrogens is 2. The molecule has 0 saturated heterocycles. The minimum atomic E-state index is -0.100. The molecule has 0 aliphatic rings. The lowest BCUT2D eigenvalue weighted by molar-refractivity contribution is 0.590. The van der Waals surface area contributed by atoms with E-state index in [0.717, 1.165) is 11.1 Å². The van der Waals surface area contributed by atoms with Crippen LogP contribution in [0.25, 0.3) is 22.3 Å². The van der Waals surface area contributed by atoms with Crippen molar-refractivity contribution in [1.29, 1.82) is 0 Å². The number of nitrogens with zero attached hydrogens (tertiary/aromatic N) is 1. The number of benzene rings is 2. The maximum absolute atomic E-state index is 12.2. The second-order valence-corrected chi connectivity index (χ2v) is 6.26. The molecule has 1 heterocycles. The average molecular weight is 278 g/mol. The fourth-order valence-corrected chi connectivity index (χ4v) is 2.36. The van der Waals surface area contributed by atoms with Crippen molar-refractivity contribution in [2.45, 2.75) is 26.2 Å². The molecule has 0 radical (unpaired) electrons. The number of hydrogen-bond donors (Lipinski definition) is 1. The lowest BCUT2D eigenvalue weighted by Gasteiger charge is -2.19. The van der Waals surface area contributed by atoms with Crippen molar-refractivity contribution in [3.63, 3.8) is 0 Å². The van der Waals surface area contributed by atoms with Crippen LogP contribution in [0.15, 0.2) is 53.3 Å². The molecule has 21 heavy (non-hydrogen) atoms. The first-order valence-corrected chi connectivity index (χ1v) is 7.05. The zero-order chi connectivity index (χ0) is 15.0. The van der Waals surface area contributed by atoms with E-state index in [-0.39, 0.29) is 11.0 Å². The molecule has 0 aliphatic carbocycles. The predicted molar refractivity (Wildman–Crippen MR) is 86.5 cm³/mol. The summed E-state index contributed by atoms with van der Waals surface area (Å²) in [6.07, 6.45) is 0.